The third kappa shape index (κ3) is 4.40. The summed E-state index contributed by atoms with van der Waals surface area (Å²) in [6.07, 6.45) is 0. The molecule has 0 aliphatic heterocycles. The zero-order valence-electron chi connectivity index (χ0n) is 15.3. The number of anilines is 1. The number of nitrogens with one attached hydrogen (secondary N) is 1. The number of tetrazole rings is 1. The summed E-state index contributed by atoms with van der Waals surface area (Å²) in [5.41, 5.74) is 4.32. The predicted molar refractivity (Wildman–Crippen MR) is 104 cm³/mol. The standard InChI is InChI=1S/C19H19N5O2S/c1-12-5-4-6-17(13(12)2)20-18(26)11-27-19-21-22-23-24(19)16-9-7-15(8-10-16)14(3)25/h4-10H,11H2,1-3H3,(H,20,26). The number of rotatable bonds is 6. The number of hydrogen-bond donors (Lipinski definition) is 1. The molecule has 3 aromatic rings. The number of aryl methyl sites for hydroxylation is 1. The van der Waals surface area contributed by atoms with Gasteiger partial charge >= 0.3 is 0 Å². The summed E-state index contributed by atoms with van der Waals surface area (Å²) in [6.45, 7) is 5.50. The van der Waals surface area contributed by atoms with E-state index < -0.39 is 0 Å². The van der Waals surface area contributed by atoms with Crippen LogP contribution < -0.4 is 5.32 Å². The Hall–Kier alpha value is -3.00. The molecule has 0 atom stereocenters. The monoisotopic (exact) mass is 381 g/mol. The smallest absolute Gasteiger partial charge is 0.234 e. The van der Waals surface area contributed by atoms with Crippen LogP contribution in [0.2, 0.25) is 0 Å². The Morgan fingerprint density at radius 3 is 2.56 bits per heavy atom. The highest BCUT2D eigenvalue weighted by Crippen LogP contribution is 2.21. The molecule has 138 valence electrons. The number of carbonyl (C=O) groups is 2. The van der Waals surface area contributed by atoms with E-state index in [1.165, 1.54) is 18.7 Å². The maximum absolute atomic E-state index is 12.3. The van der Waals surface area contributed by atoms with Gasteiger partial charge in [0.2, 0.25) is 11.1 Å². The molecule has 7 nitrogen and oxygen atoms in total. The maximum Gasteiger partial charge on any atom is 0.234 e. The highest BCUT2D eigenvalue weighted by molar-refractivity contribution is 7.99. The summed E-state index contributed by atoms with van der Waals surface area (Å²) in [7, 11) is 0. The lowest BCUT2D eigenvalue weighted by molar-refractivity contribution is -0.113. The van der Waals surface area contributed by atoms with Gasteiger partial charge < -0.3 is 5.32 Å². The van der Waals surface area contributed by atoms with E-state index in [0.29, 0.717) is 10.7 Å². The first-order chi connectivity index (χ1) is 13.0. The Kier molecular flexibility index (Phi) is 5.66. The summed E-state index contributed by atoms with van der Waals surface area (Å²) >= 11 is 1.24. The molecule has 1 N–H and O–H groups in total. The number of amides is 1. The predicted octanol–water partition coefficient (Wildman–Crippen LogP) is 3.21. The van der Waals surface area contributed by atoms with Crippen LogP contribution >= 0.6 is 11.8 Å². The lowest BCUT2D eigenvalue weighted by Gasteiger charge is -2.10. The Balaban J connectivity index is 1.67. The number of ketones is 1. The van der Waals surface area contributed by atoms with E-state index in [2.05, 4.69) is 20.8 Å². The lowest BCUT2D eigenvalue weighted by atomic mass is 10.1. The number of benzene rings is 2. The molecule has 0 aliphatic carbocycles. The molecule has 0 saturated heterocycles. The minimum atomic E-state index is -0.129. The molecule has 0 saturated carbocycles. The van der Waals surface area contributed by atoms with Gasteiger partial charge in [0.1, 0.15) is 0 Å². The van der Waals surface area contributed by atoms with Crippen LogP contribution in [0.4, 0.5) is 5.69 Å². The fraction of sp³-hybridized carbons (Fsp3) is 0.211. The second-order valence-electron chi connectivity index (χ2n) is 6.06. The molecule has 27 heavy (non-hydrogen) atoms. The average molecular weight is 381 g/mol. The van der Waals surface area contributed by atoms with Crippen LogP contribution in [0.25, 0.3) is 5.69 Å². The first-order valence-electron chi connectivity index (χ1n) is 8.34. The third-order valence-electron chi connectivity index (χ3n) is 4.17. The van der Waals surface area contributed by atoms with Crippen LogP contribution in [0, 0.1) is 13.8 Å². The topological polar surface area (TPSA) is 89.8 Å². The number of hydrogen-bond acceptors (Lipinski definition) is 6. The number of Topliss-reactive ketones (excluding diaryl/α,β-unsaturated/α-hetero) is 1. The van der Waals surface area contributed by atoms with Gasteiger partial charge in [-0.25, -0.2) is 0 Å². The van der Waals surface area contributed by atoms with Crippen LogP contribution in [0.5, 0.6) is 0 Å². The first kappa shape index (κ1) is 18.8. The molecule has 3 rings (SSSR count). The van der Waals surface area contributed by atoms with Gasteiger partial charge in [-0.2, -0.15) is 4.68 Å². The zero-order chi connectivity index (χ0) is 19.4. The second kappa shape index (κ2) is 8.13. The highest BCUT2D eigenvalue weighted by Gasteiger charge is 2.13. The van der Waals surface area contributed by atoms with Gasteiger partial charge in [-0.1, -0.05) is 23.9 Å². The third-order valence-corrected chi connectivity index (χ3v) is 5.09. The molecule has 0 radical (unpaired) electrons. The molecule has 1 aromatic heterocycles. The van der Waals surface area contributed by atoms with Crippen molar-refractivity contribution in [1.82, 2.24) is 20.2 Å². The minimum Gasteiger partial charge on any atom is -0.325 e. The Morgan fingerprint density at radius 2 is 1.85 bits per heavy atom. The second-order valence-corrected chi connectivity index (χ2v) is 7.00. The van der Waals surface area contributed by atoms with Gasteiger partial charge in [0.05, 0.1) is 11.4 Å². The fourth-order valence-corrected chi connectivity index (χ4v) is 3.16. The maximum atomic E-state index is 12.3. The van der Waals surface area contributed by atoms with Crippen molar-refractivity contribution in [1.29, 1.82) is 0 Å². The molecule has 0 unspecified atom stereocenters. The zero-order valence-corrected chi connectivity index (χ0v) is 16.1. The van der Waals surface area contributed by atoms with E-state index in [0.717, 1.165) is 22.5 Å². The Morgan fingerprint density at radius 1 is 1.11 bits per heavy atom. The van der Waals surface area contributed by atoms with E-state index in [-0.39, 0.29) is 17.4 Å². The molecule has 0 bridgehead atoms. The van der Waals surface area contributed by atoms with E-state index in [9.17, 15) is 9.59 Å². The number of nitrogens with zero attached hydrogens (tertiary/aromatic N) is 4. The molecular formula is C19H19N5O2S. The van der Waals surface area contributed by atoms with Crippen molar-refractivity contribution in [3.8, 4) is 5.69 Å². The van der Waals surface area contributed by atoms with Crippen LogP contribution in [0.3, 0.4) is 0 Å². The van der Waals surface area contributed by atoms with Gasteiger partial charge in [-0.3, -0.25) is 9.59 Å². The first-order valence-corrected chi connectivity index (χ1v) is 9.33. The molecule has 0 fully saturated rings. The normalized spacial score (nSPS) is 10.6. The quantitative estimate of drug-likeness (QED) is 0.521. The Bertz CT molecular complexity index is 982. The van der Waals surface area contributed by atoms with Crippen LogP contribution in [-0.2, 0) is 4.79 Å². The number of thioether (sulfide) groups is 1. The fourth-order valence-electron chi connectivity index (χ4n) is 2.47. The summed E-state index contributed by atoms with van der Waals surface area (Å²) < 4.78 is 1.54. The van der Waals surface area contributed by atoms with Gasteiger partial charge in [-0.05, 0) is 72.7 Å². The van der Waals surface area contributed by atoms with Gasteiger partial charge in [-0.15, -0.1) is 5.10 Å². The number of carbonyl (C=O) groups excluding carboxylic acids is 2. The summed E-state index contributed by atoms with van der Waals surface area (Å²) in [4.78, 5) is 23.7. The molecule has 0 spiro atoms. The van der Waals surface area contributed by atoms with Crippen molar-refractivity contribution in [2.24, 2.45) is 0 Å². The highest BCUT2D eigenvalue weighted by atomic mass is 32.2. The Labute approximate surface area is 161 Å². The van der Waals surface area contributed by atoms with E-state index >= 15 is 0 Å². The van der Waals surface area contributed by atoms with Crippen LogP contribution in [0.15, 0.2) is 47.6 Å². The van der Waals surface area contributed by atoms with E-state index in [1.807, 2.05) is 32.0 Å². The van der Waals surface area contributed by atoms with E-state index in [4.69, 9.17) is 0 Å². The molecule has 8 heteroatoms. The molecule has 1 amide bonds. The molecule has 2 aromatic carbocycles. The lowest BCUT2D eigenvalue weighted by Crippen LogP contribution is -2.15. The summed E-state index contributed by atoms with van der Waals surface area (Å²) in [5, 5.41) is 15.1. The summed E-state index contributed by atoms with van der Waals surface area (Å²) in [5.74, 6) is 0.0467. The van der Waals surface area contributed by atoms with Crippen LogP contribution in [0.1, 0.15) is 28.4 Å². The SMILES string of the molecule is CC(=O)c1ccc(-n2nnnc2SCC(=O)Nc2cccc(C)c2C)cc1. The summed E-state index contributed by atoms with van der Waals surface area (Å²) in [6, 6.07) is 12.8. The van der Waals surface area contributed by atoms with Crippen molar-refractivity contribution >= 4 is 29.1 Å². The van der Waals surface area contributed by atoms with Crippen LogP contribution in [-0.4, -0.2) is 37.7 Å². The van der Waals surface area contributed by atoms with Crippen molar-refractivity contribution < 1.29 is 9.59 Å². The van der Waals surface area contributed by atoms with Crippen molar-refractivity contribution in [3.05, 3.63) is 59.2 Å². The number of aromatic nitrogens is 4. The largest absolute Gasteiger partial charge is 0.325 e. The van der Waals surface area contributed by atoms with E-state index in [1.54, 1.807) is 28.9 Å². The van der Waals surface area contributed by atoms with Gasteiger partial charge in [0.15, 0.2) is 5.78 Å². The van der Waals surface area contributed by atoms with Gasteiger partial charge in [0.25, 0.3) is 0 Å². The molecule has 0 aliphatic rings. The average Bonchev–Trinajstić information content (AvgIpc) is 3.12. The van der Waals surface area contributed by atoms with Crippen molar-refractivity contribution in [2.45, 2.75) is 25.9 Å². The van der Waals surface area contributed by atoms with Crippen molar-refractivity contribution in [3.63, 3.8) is 0 Å². The van der Waals surface area contributed by atoms with Gasteiger partial charge in [0, 0.05) is 11.3 Å². The van der Waals surface area contributed by atoms with Crippen molar-refractivity contribution in [2.75, 3.05) is 11.1 Å². The minimum absolute atomic E-state index is 0.00373. The molecular weight excluding hydrogens is 362 g/mol. The molecule has 1 heterocycles.